The molecular formula is C11H9Br. The highest BCUT2D eigenvalue weighted by molar-refractivity contribution is 9.10. The van der Waals surface area contributed by atoms with Crippen molar-refractivity contribution in [1.82, 2.24) is 0 Å². The second kappa shape index (κ2) is 2.23. The molecule has 0 saturated heterocycles. The minimum Gasteiger partial charge on any atom is -0.0769 e. The van der Waals surface area contributed by atoms with E-state index in [9.17, 15) is 0 Å². The smallest absolute Gasteiger partial charge is 0.0213 e. The summed E-state index contributed by atoms with van der Waals surface area (Å²) in [6, 6.07) is 6.51. The van der Waals surface area contributed by atoms with Crippen molar-refractivity contribution in [2.75, 3.05) is 0 Å². The second-order valence-corrected chi connectivity index (χ2v) is 4.48. The van der Waals surface area contributed by atoms with Crippen molar-refractivity contribution >= 4 is 21.5 Å². The molecule has 3 aliphatic carbocycles. The summed E-state index contributed by atoms with van der Waals surface area (Å²) in [6.45, 7) is 0. The molecule has 0 N–H and O–H groups in total. The molecule has 3 aliphatic rings. The van der Waals surface area contributed by atoms with Gasteiger partial charge in [0.1, 0.15) is 0 Å². The number of halogens is 1. The third kappa shape index (κ3) is 0.776. The summed E-state index contributed by atoms with van der Waals surface area (Å²) in [7, 11) is 0. The van der Waals surface area contributed by atoms with Crippen molar-refractivity contribution in [2.24, 2.45) is 5.92 Å². The van der Waals surface area contributed by atoms with E-state index in [1.807, 2.05) is 0 Å². The molecule has 1 aromatic carbocycles. The minimum atomic E-state index is 0.839. The van der Waals surface area contributed by atoms with Gasteiger partial charge in [0.2, 0.25) is 0 Å². The Morgan fingerprint density at radius 2 is 2.08 bits per heavy atom. The Labute approximate surface area is 80.4 Å². The van der Waals surface area contributed by atoms with E-state index in [0.717, 1.165) is 5.92 Å². The predicted octanol–water partition coefficient (Wildman–Crippen LogP) is 3.41. The summed E-state index contributed by atoms with van der Waals surface area (Å²) in [6.07, 6.45) is 4.96. The van der Waals surface area contributed by atoms with Gasteiger partial charge in [0.05, 0.1) is 0 Å². The number of rotatable bonds is 0. The molecule has 0 aliphatic heterocycles. The van der Waals surface area contributed by atoms with E-state index >= 15 is 0 Å². The first kappa shape index (κ1) is 6.90. The first-order valence-corrected chi connectivity index (χ1v) is 5.12. The zero-order chi connectivity index (χ0) is 8.13. The van der Waals surface area contributed by atoms with E-state index < -0.39 is 0 Å². The fourth-order valence-electron chi connectivity index (χ4n) is 2.19. The van der Waals surface area contributed by atoms with Crippen LogP contribution < -0.4 is 0 Å². The van der Waals surface area contributed by atoms with Crippen LogP contribution in [-0.2, 0) is 6.42 Å². The van der Waals surface area contributed by atoms with E-state index in [2.05, 4.69) is 40.2 Å². The molecule has 2 bridgehead atoms. The van der Waals surface area contributed by atoms with Gasteiger partial charge in [-0.15, -0.1) is 0 Å². The second-order valence-electron chi connectivity index (χ2n) is 3.63. The number of hydrogen-bond donors (Lipinski definition) is 0. The van der Waals surface area contributed by atoms with Crippen LogP contribution in [0.1, 0.15) is 17.5 Å². The molecule has 0 saturated carbocycles. The number of allylic oxidation sites excluding steroid dienone is 2. The summed E-state index contributed by atoms with van der Waals surface area (Å²) < 4.78 is 1.29. The van der Waals surface area contributed by atoms with Crippen LogP contribution in [0.25, 0.3) is 5.57 Å². The van der Waals surface area contributed by atoms with Crippen LogP contribution in [0.4, 0.5) is 0 Å². The Hall–Kier alpha value is -0.560. The molecule has 0 radical (unpaired) electrons. The lowest BCUT2D eigenvalue weighted by Crippen LogP contribution is -2.20. The molecule has 0 nitrogen and oxygen atoms in total. The molecule has 4 rings (SSSR count). The van der Waals surface area contributed by atoms with Crippen LogP contribution in [0.3, 0.4) is 0 Å². The van der Waals surface area contributed by atoms with Crippen molar-refractivity contribution in [2.45, 2.75) is 12.8 Å². The van der Waals surface area contributed by atoms with Crippen LogP contribution in [0.2, 0.25) is 0 Å². The molecule has 0 fully saturated rings. The van der Waals surface area contributed by atoms with E-state index in [0.29, 0.717) is 0 Å². The first-order valence-electron chi connectivity index (χ1n) is 4.33. The fourth-order valence-corrected chi connectivity index (χ4v) is 2.72. The zero-order valence-corrected chi connectivity index (χ0v) is 8.26. The Bertz CT molecular complexity index is 377. The molecule has 12 heavy (non-hydrogen) atoms. The maximum Gasteiger partial charge on any atom is 0.0213 e. The van der Waals surface area contributed by atoms with Crippen LogP contribution in [0.5, 0.6) is 0 Å². The summed E-state index contributed by atoms with van der Waals surface area (Å²) in [5, 5.41) is 0. The molecule has 1 atom stereocenters. The lowest BCUT2D eigenvalue weighted by atomic mass is 9.71. The van der Waals surface area contributed by atoms with Gasteiger partial charge in [-0.25, -0.2) is 0 Å². The standard InChI is InChI=1S/C11H9Br/c12-11-3-1-2-9-8-4-7(5-8)6-10(9)11/h1-4,7H,5-6H2/t7-/m1/s1. The number of benzene rings is 1. The minimum absolute atomic E-state index is 0.839. The molecule has 0 spiro atoms. The zero-order valence-electron chi connectivity index (χ0n) is 6.68. The molecule has 0 aromatic heterocycles. The van der Waals surface area contributed by atoms with Crippen molar-refractivity contribution in [1.29, 1.82) is 0 Å². The molecular weight excluding hydrogens is 212 g/mol. The summed E-state index contributed by atoms with van der Waals surface area (Å²) in [4.78, 5) is 0. The third-order valence-electron chi connectivity index (χ3n) is 2.85. The highest BCUT2D eigenvalue weighted by atomic mass is 79.9. The van der Waals surface area contributed by atoms with Gasteiger partial charge in [0.15, 0.2) is 0 Å². The molecule has 0 unspecified atom stereocenters. The maximum atomic E-state index is 3.60. The Morgan fingerprint density at radius 1 is 1.25 bits per heavy atom. The predicted molar refractivity (Wildman–Crippen MR) is 53.9 cm³/mol. The van der Waals surface area contributed by atoms with Gasteiger partial charge in [-0.2, -0.15) is 0 Å². The molecule has 1 aromatic rings. The molecule has 0 heterocycles. The highest BCUT2D eigenvalue weighted by Gasteiger charge is 2.29. The van der Waals surface area contributed by atoms with Gasteiger partial charge in [-0.1, -0.05) is 34.1 Å². The van der Waals surface area contributed by atoms with Gasteiger partial charge in [-0.05, 0) is 41.5 Å². The maximum absolute atomic E-state index is 3.60. The van der Waals surface area contributed by atoms with Gasteiger partial charge >= 0.3 is 0 Å². The summed E-state index contributed by atoms with van der Waals surface area (Å²) in [5.74, 6) is 0.839. The lowest BCUT2D eigenvalue weighted by Gasteiger charge is -2.34. The van der Waals surface area contributed by atoms with Gasteiger partial charge in [0, 0.05) is 4.47 Å². The van der Waals surface area contributed by atoms with Crippen LogP contribution in [-0.4, -0.2) is 0 Å². The largest absolute Gasteiger partial charge is 0.0769 e. The normalized spacial score (nSPS) is 24.1. The van der Waals surface area contributed by atoms with Crippen molar-refractivity contribution < 1.29 is 0 Å². The first-order chi connectivity index (χ1) is 5.84. The lowest BCUT2D eigenvalue weighted by molar-refractivity contribution is 0.599. The van der Waals surface area contributed by atoms with Crippen molar-refractivity contribution in [3.05, 3.63) is 39.9 Å². The van der Waals surface area contributed by atoms with Gasteiger partial charge in [0.25, 0.3) is 0 Å². The van der Waals surface area contributed by atoms with Gasteiger partial charge in [-0.3, -0.25) is 0 Å². The van der Waals surface area contributed by atoms with Crippen molar-refractivity contribution in [3.8, 4) is 0 Å². The third-order valence-corrected chi connectivity index (χ3v) is 3.59. The monoisotopic (exact) mass is 220 g/mol. The Morgan fingerprint density at radius 3 is 2.83 bits per heavy atom. The van der Waals surface area contributed by atoms with Crippen LogP contribution >= 0.6 is 15.9 Å². The molecule has 1 heteroatoms. The Kier molecular flexibility index (Phi) is 1.28. The summed E-state index contributed by atoms with van der Waals surface area (Å²) in [5.41, 5.74) is 4.56. The topological polar surface area (TPSA) is 0 Å². The average molecular weight is 221 g/mol. The quantitative estimate of drug-likeness (QED) is 0.629. The van der Waals surface area contributed by atoms with E-state index in [-0.39, 0.29) is 0 Å². The molecule has 0 amide bonds. The van der Waals surface area contributed by atoms with Gasteiger partial charge < -0.3 is 0 Å². The van der Waals surface area contributed by atoms with E-state index in [1.54, 1.807) is 5.57 Å². The SMILES string of the molecule is Brc1cccc2c1C[C@@H]1C=C2C1. The molecule has 60 valence electrons. The Balaban J connectivity index is 2.28. The number of hydrogen-bond acceptors (Lipinski definition) is 0. The average Bonchev–Trinajstić information content (AvgIpc) is 2.02. The van der Waals surface area contributed by atoms with Crippen LogP contribution in [0, 0.1) is 5.92 Å². The van der Waals surface area contributed by atoms with E-state index in [1.165, 1.54) is 28.4 Å². The van der Waals surface area contributed by atoms with Crippen LogP contribution in [0.15, 0.2) is 28.7 Å². The highest BCUT2D eigenvalue weighted by Crippen LogP contribution is 2.45. The summed E-state index contributed by atoms with van der Waals surface area (Å²) >= 11 is 3.60. The van der Waals surface area contributed by atoms with E-state index in [4.69, 9.17) is 0 Å². The van der Waals surface area contributed by atoms with Crippen molar-refractivity contribution in [3.63, 3.8) is 0 Å². The fraction of sp³-hybridized carbons (Fsp3) is 0.273.